The van der Waals surface area contributed by atoms with Gasteiger partial charge in [-0.05, 0) is 39.8 Å². The Morgan fingerprint density at radius 3 is 2.89 bits per heavy atom. The van der Waals surface area contributed by atoms with E-state index in [2.05, 4.69) is 36.4 Å². The van der Waals surface area contributed by atoms with Crippen LogP contribution in [-0.4, -0.2) is 49.6 Å². The summed E-state index contributed by atoms with van der Waals surface area (Å²) in [6.45, 7) is 6.96. The third-order valence-corrected chi connectivity index (χ3v) is 3.94. The Balaban J connectivity index is 2.18. The largest absolute Gasteiger partial charge is 0.353 e. The molecule has 1 aliphatic rings. The Hall–Kier alpha value is -0.610. The van der Waals surface area contributed by atoms with E-state index >= 15 is 0 Å². The van der Waals surface area contributed by atoms with Gasteiger partial charge in [0, 0.05) is 18.6 Å². The fourth-order valence-electron chi connectivity index (χ4n) is 2.66. The molecule has 0 bridgehead atoms. The smallest absolute Gasteiger partial charge is 0.234 e. The standard InChI is InChI=1S/C15H31N3O/c1-4-5-6-8-13(2)17-15(19)12-18(3)14-9-7-10-16-11-14/h13-14,16H,4-12H2,1-3H3,(H,17,19). The second kappa shape index (κ2) is 9.32. The summed E-state index contributed by atoms with van der Waals surface area (Å²) in [6, 6.07) is 0.812. The molecule has 1 fully saturated rings. The van der Waals surface area contributed by atoms with Crippen molar-refractivity contribution in [1.29, 1.82) is 0 Å². The van der Waals surface area contributed by atoms with E-state index in [1.165, 1.54) is 32.1 Å². The molecule has 1 rings (SSSR count). The van der Waals surface area contributed by atoms with Gasteiger partial charge in [0.15, 0.2) is 0 Å². The predicted molar refractivity (Wildman–Crippen MR) is 80.3 cm³/mol. The van der Waals surface area contributed by atoms with Crippen LogP contribution in [-0.2, 0) is 4.79 Å². The highest BCUT2D eigenvalue weighted by atomic mass is 16.2. The van der Waals surface area contributed by atoms with Crippen molar-refractivity contribution in [1.82, 2.24) is 15.5 Å². The van der Waals surface area contributed by atoms with E-state index in [4.69, 9.17) is 0 Å². The molecule has 0 spiro atoms. The van der Waals surface area contributed by atoms with E-state index < -0.39 is 0 Å². The molecule has 1 aliphatic heterocycles. The van der Waals surface area contributed by atoms with Crippen LogP contribution in [0, 0.1) is 0 Å². The molecule has 2 unspecified atom stereocenters. The highest BCUT2D eigenvalue weighted by Crippen LogP contribution is 2.08. The van der Waals surface area contributed by atoms with Crippen LogP contribution in [0.25, 0.3) is 0 Å². The van der Waals surface area contributed by atoms with Gasteiger partial charge in [0.1, 0.15) is 0 Å². The maximum atomic E-state index is 12.0. The van der Waals surface area contributed by atoms with E-state index in [0.29, 0.717) is 18.6 Å². The second-order valence-electron chi connectivity index (χ2n) is 5.88. The lowest BCUT2D eigenvalue weighted by Gasteiger charge is -2.31. The first-order chi connectivity index (χ1) is 9.13. The summed E-state index contributed by atoms with van der Waals surface area (Å²) in [5, 5.41) is 6.50. The zero-order chi connectivity index (χ0) is 14.1. The van der Waals surface area contributed by atoms with Crippen LogP contribution in [0.15, 0.2) is 0 Å². The van der Waals surface area contributed by atoms with Crippen molar-refractivity contribution in [2.24, 2.45) is 0 Å². The van der Waals surface area contributed by atoms with Gasteiger partial charge in [-0.15, -0.1) is 0 Å². The zero-order valence-electron chi connectivity index (χ0n) is 12.9. The molecule has 0 aromatic heterocycles. The Kier molecular flexibility index (Phi) is 8.07. The third-order valence-electron chi connectivity index (χ3n) is 3.94. The minimum absolute atomic E-state index is 0.164. The maximum Gasteiger partial charge on any atom is 0.234 e. The molecular weight excluding hydrogens is 238 g/mol. The number of carbonyl (C=O) groups excluding carboxylic acids is 1. The van der Waals surface area contributed by atoms with Gasteiger partial charge >= 0.3 is 0 Å². The zero-order valence-corrected chi connectivity index (χ0v) is 12.9. The van der Waals surface area contributed by atoms with Gasteiger partial charge in [0.05, 0.1) is 6.54 Å². The van der Waals surface area contributed by atoms with Crippen LogP contribution >= 0.6 is 0 Å². The number of hydrogen-bond donors (Lipinski definition) is 2. The van der Waals surface area contributed by atoms with Crippen molar-refractivity contribution in [3.05, 3.63) is 0 Å². The predicted octanol–water partition coefficient (Wildman–Crippen LogP) is 1.76. The van der Waals surface area contributed by atoms with Crippen molar-refractivity contribution >= 4 is 5.91 Å². The molecule has 1 heterocycles. The number of rotatable bonds is 8. The fourth-order valence-corrected chi connectivity index (χ4v) is 2.66. The lowest BCUT2D eigenvalue weighted by Crippen LogP contribution is -2.48. The summed E-state index contributed by atoms with van der Waals surface area (Å²) in [4.78, 5) is 14.1. The average molecular weight is 269 g/mol. The highest BCUT2D eigenvalue weighted by Gasteiger charge is 2.19. The van der Waals surface area contributed by atoms with Gasteiger partial charge in [0.25, 0.3) is 0 Å². The number of nitrogens with zero attached hydrogens (tertiary/aromatic N) is 1. The number of hydrogen-bond acceptors (Lipinski definition) is 3. The van der Waals surface area contributed by atoms with Crippen LogP contribution < -0.4 is 10.6 Å². The summed E-state index contributed by atoms with van der Waals surface area (Å²) in [5.74, 6) is 0.164. The molecule has 1 saturated heterocycles. The van der Waals surface area contributed by atoms with Crippen molar-refractivity contribution < 1.29 is 4.79 Å². The van der Waals surface area contributed by atoms with Crippen LogP contribution in [0.3, 0.4) is 0 Å². The lowest BCUT2D eigenvalue weighted by atomic mass is 10.1. The van der Waals surface area contributed by atoms with Crippen LogP contribution in [0.1, 0.15) is 52.4 Å². The number of amides is 1. The van der Waals surface area contributed by atoms with Crippen LogP contribution in [0.4, 0.5) is 0 Å². The Morgan fingerprint density at radius 1 is 1.47 bits per heavy atom. The normalized spacial score (nSPS) is 21.4. The van der Waals surface area contributed by atoms with Crippen molar-refractivity contribution in [3.8, 4) is 0 Å². The summed E-state index contributed by atoms with van der Waals surface area (Å²) in [7, 11) is 2.05. The Bertz CT molecular complexity index is 252. The minimum atomic E-state index is 0.164. The van der Waals surface area contributed by atoms with Gasteiger partial charge in [-0.1, -0.05) is 26.2 Å². The molecule has 0 aromatic carbocycles. The van der Waals surface area contributed by atoms with Gasteiger partial charge in [-0.3, -0.25) is 9.69 Å². The molecule has 0 aromatic rings. The van der Waals surface area contributed by atoms with Crippen molar-refractivity contribution in [3.63, 3.8) is 0 Å². The molecule has 0 aliphatic carbocycles. The maximum absolute atomic E-state index is 12.0. The fraction of sp³-hybridized carbons (Fsp3) is 0.933. The topological polar surface area (TPSA) is 44.4 Å². The first kappa shape index (κ1) is 16.4. The average Bonchev–Trinajstić information content (AvgIpc) is 2.39. The third kappa shape index (κ3) is 6.92. The van der Waals surface area contributed by atoms with E-state index in [9.17, 15) is 4.79 Å². The van der Waals surface area contributed by atoms with Crippen molar-refractivity contribution in [2.45, 2.75) is 64.5 Å². The number of nitrogens with one attached hydrogen (secondary N) is 2. The van der Waals surface area contributed by atoms with Crippen LogP contribution in [0.5, 0.6) is 0 Å². The summed E-state index contributed by atoms with van der Waals surface area (Å²) >= 11 is 0. The van der Waals surface area contributed by atoms with E-state index in [1.54, 1.807) is 0 Å². The van der Waals surface area contributed by atoms with Gasteiger partial charge < -0.3 is 10.6 Å². The molecule has 2 atom stereocenters. The summed E-state index contributed by atoms with van der Waals surface area (Å²) in [6.07, 6.45) is 7.20. The second-order valence-corrected chi connectivity index (χ2v) is 5.88. The number of piperidine rings is 1. The molecule has 0 radical (unpaired) electrons. The molecule has 112 valence electrons. The molecular formula is C15H31N3O. The van der Waals surface area contributed by atoms with E-state index in [1.807, 2.05) is 0 Å². The lowest BCUT2D eigenvalue weighted by molar-refractivity contribution is -0.123. The molecule has 2 N–H and O–H groups in total. The molecule has 1 amide bonds. The molecule has 4 nitrogen and oxygen atoms in total. The van der Waals surface area contributed by atoms with Gasteiger partial charge in [0.2, 0.25) is 5.91 Å². The van der Waals surface area contributed by atoms with E-state index in [0.717, 1.165) is 19.5 Å². The Morgan fingerprint density at radius 2 is 2.26 bits per heavy atom. The first-order valence-corrected chi connectivity index (χ1v) is 7.83. The van der Waals surface area contributed by atoms with Crippen LogP contribution in [0.2, 0.25) is 0 Å². The van der Waals surface area contributed by atoms with E-state index in [-0.39, 0.29) is 5.91 Å². The molecule has 4 heteroatoms. The number of likely N-dealkylation sites (N-methyl/N-ethyl adjacent to an activating group) is 1. The highest BCUT2D eigenvalue weighted by molar-refractivity contribution is 5.78. The monoisotopic (exact) mass is 269 g/mol. The quantitative estimate of drug-likeness (QED) is 0.660. The first-order valence-electron chi connectivity index (χ1n) is 7.83. The van der Waals surface area contributed by atoms with Crippen molar-refractivity contribution in [2.75, 3.05) is 26.7 Å². The molecule has 0 saturated carbocycles. The number of carbonyl (C=O) groups is 1. The Labute approximate surface area is 118 Å². The van der Waals surface area contributed by atoms with Gasteiger partial charge in [-0.2, -0.15) is 0 Å². The number of unbranched alkanes of at least 4 members (excludes halogenated alkanes) is 2. The summed E-state index contributed by atoms with van der Waals surface area (Å²) < 4.78 is 0. The molecule has 19 heavy (non-hydrogen) atoms. The minimum Gasteiger partial charge on any atom is -0.353 e. The summed E-state index contributed by atoms with van der Waals surface area (Å²) in [5.41, 5.74) is 0. The SMILES string of the molecule is CCCCCC(C)NC(=O)CN(C)C1CCCNC1. The van der Waals surface area contributed by atoms with Gasteiger partial charge in [-0.25, -0.2) is 0 Å².